The van der Waals surface area contributed by atoms with Crippen molar-refractivity contribution in [1.29, 1.82) is 0 Å². The van der Waals surface area contributed by atoms with Gasteiger partial charge in [0.15, 0.2) is 0 Å². The molecule has 2 nitrogen and oxygen atoms in total. The summed E-state index contributed by atoms with van der Waals surface area (Å²) in [5.74, 6) is 0. The zero-order valence-electron chi connectivity index (χ0n) is 9.71. The smallest absolute Gasteiger partial charge is 0.0587 e. The maximum atomic E-state index is 4.96. The summed E-state index contributed by atoms with van der Waals surface area (Å²) < 4.78 is 4.96. The van der Waals surface area contributed by atoms with Crippen molar-refractivity contribution < 1.29 is 4.74 Å². The average Bonchev–Trinajstić information content (AvgIpc) is 2.63. The van der Waals surface area contributed by atoms with E-state index in [9.17, 15) is 0 Å². The van der Waals surface area contributed by atoms with Crippen LogP contribution in [0.5, 0.6) is 0 Å². The van der Waals surface area contributed by atoms with E-state index in [-0.39, 0.29) is 0 Å². The number of nitrogens with one attached hydrogen (secondary N) is 1. The molecule has 1 rings (SSSR count). The third-order valence-corrected chi connectivity index (χ3v) is 3.54. The molecule has 1 aromatic rings. The lowest BCUT2D eigenvalue weighted by atomic mass is 10.1. The summed E-state index contributed by atoms with van der Waals surface area (Å²) in [5, 5.41) is 5.54. The highest BCUT2D eigenvalue weighted by molar-refractivity contribution is 7.10. The van der Waals surface area contributed by atoms with Crippen LogP contribution < -0.4 is 5.32 Å². The zero-order chi connectivity index (χ0) is 10.9. The van der Waals surface area contributed by atoms with Gasteiger partial charge in [0.05, 0.1) is 6.61 Å². The van der Waals surface area contributed by atoms with Gasteiger partial charge in [0, 0.05) is 18.5 Å². The minimum absolute atomic E-state index is 0.810. The van der Waals surface area contributed by atoms with Gasteiger partial charge in [-0.1, -0.05) is 0 Å². The highest BCUT2D eigenvalue weighted by atomic mass is 32.1. The van der Waals surface area contributed by atoms with Gasteiger partial charge in [-0.2, -0.15) is 0 Å². The van der Waals surface area contributed by atoms with Gasteiger partial charge in [-0.3, -0.25) is 0 Å². The number of hydrogen-bond acceptors (Lipinski definition) is 3. The molecule has 0 aliphatic heterocycles. The van der Waals surface area contributed by atoms with Gasteiger partial charge in [-0.25, -0.2) is 0 Å². The van der Waals surface area contributed by atoms with Gasteiger partial charge >= 0.3 is 0 Å². The van der Waals surface area contributed by atoms with Crippen LogP contribution in [0.1, 0.15) is 23.3 Å². The molecule has 1 heterocycles. The average molecular weight is 227 g/mol. The molecule has 15 heavy (non-hydrogen) atoms. The normalized spacial score (nSPS) is 10.8. The molecule has 1 N–H and O–H groups in total. The van der Waals surface area contributed by atoms with Crippen LogP contribution in [0.25, 0.3) is 0 Å². The van der Waals surface area contributed by atoms with Crippen molar-refractivity contribution in [1.82, 2.24) is 5.32 Å². The maximum absolute atomic E-state index is 4.96. The van der Waals surface area contributed by atoms with Gasteiger partial charge in [-0.15, -0.1) is 11.3 Å². The first-order chi connectivity index (χ1) is 7.34. The lowest BCUT2D eigenvalue weighted by Crippen LogP contribution is -2.20. The number of hydrogen-bond donors (Lipinski definition) is 1. The van der Waals surface area contributed by atoms with Gasteiger partial charge in [-0.05, 0) is 49.7 Å². The van der Waals surface area contributed by atoms with Gasteiger partial charge < -0.3 is 10.1 Å². The van der Waals surface area contributed by atoms with E-state index in [1.807, 2.05) is 11.3 Å². The molecule has 0 aliphatic carbocycles. The molecule has 0 radical (unpaired) electrons. The second-order valence-electron chi connectivity index (χ2n) is 3.73. The van der Waals surface area contributed by atoms with E-state index in [0.29, 0.717) is 0 Å². The quantitative estimate of drug-likeness (QED) is 0.689. The van der Waals surface area contributed by atoms with Crippen molar-refractivity contribution in [2.24, 2.45) is 0 Å². The Morgan fingerprint density at radius 1 is 1.33 bits per heavy atom. The lowest BCUT2D eigenvalue weighted by Gasteiger charge is -2.03. The second kappa shape index (κ2) is 7.85. The molecular weight excluding hydrogens is 206 g/mol. The van der Waals surface area contributed by atoms with E-state index >= 15 is 0 Å². The minimum atomic E-state index is 0.810. The molecule has 0 fully saturated rings. The molecule has 86 valence electrons. The topological polar surface area (TPSA) is 21.3 Å². The third kappa shape index (κ3) is 5.30. The Hall–Kier alpha value is -0.380. The third-order valence-electron chi connectivity index (χ3n) is 2.46. The lowest BCUT2D eigenvalue weighted by molar-refractivity contribution is 0.199. The molecule has 0 unspecified atom stereocenters. The fraction of sp³-hybridized carbons (Fsp3) is 0.667. The van der Waals surface area contributed by atoms with Crippen LogP contribution in [-0.4, -0.2) is 26.8 Å². The molecule has 0 saturated heterocycles. The monoisotopic (exact) mass is 227 g/mol. The predicted octanol–water partition coefficient (Wildman–Crippen LogP) is 2.62. The van der Waals surface area contributed by atoms with E-state index in [4.69, 9.17) is 4.74 Å². The Balaban J connectivity index is 1.96. The first kappa shape index (κ1) is 12.7. The standard InChI is InChI=1S/C12H21NOS/c1-11-6-10-15-12(11)5-3-4-7-13-8-9-14-2/h6,10,13H,3-5,7-9H2,1-2H3. The van der Waals surface area contributed by atoms with Crippen LogP contribution in [0.3, 0.4) is 0 Å². The Labute approximate surface area is 96.7 Å². The van der Waals surface area contributed by atoms with Crippen LogP contribution in [0.2, 0.25) is 0 Å². The van der Waals surface area contributed by atoms with Crippen molar-refractivity contribution in [3.05, 3.63) is 21.9 Å². The Morgan fingerprint density at radius 2 is 2.20 bits per heavy atom. The minimum Gasteiger partial charge on any atom is -0.383 e. The van der Waals surface area contributed by atoms with Crippen molar-refractivity contribution in [2.75, 3.05) is 26.8 Å². The van der Waals surface area contributed by atoms with E-state index in [2.05, 4.69) is 23.7 Å². The summed E-state index contributed by atoms with van der Waals surface area (Å²) in [7, 11) is 1.74. The highest BCUT2D eigenvalue weighted by Crippen LogP contribution is 2.17. The summed E-state index contributed by atoms with van der Waals surface area (Å²) in [6.07, 6.45) is 3.76. The fourth-order valence-electron chi connectivity index (χ4n) is 1.49. The van der Waals surface area contributed by atoms with Crippen molar-refractivity contribution >= 4 is 11.3 Å². The second-order valence-corrected chi connectivity index (χ2v) is 4.73. The Morgan fingerprint density at radius 3 is 2.87 bits per heavy atom. The van der Waals surface area contributed by atoms with E-state index in [1.54, 1.807) is 12.0 Å². The SMILES string of the molecule is COCCNCCCCc1sccc1C. The number of rotatable bonds is 8. The number of aryl methyl sites for hydroxylation is 2. The van der Waals surface area contributed by atoms with Crippen LogP contribution in [0, 0.1) is 6.92 Å². The van der Waals surface area contributed by atoms with Crippen LogP contribution in [0.15, 0.2) is 11.4 Å². The molecule has 0 aliphatic rings. The molecule has 0 spiro atoms. The summed E-state index contributed by atoms with van der Waals surface area (Å²) in [5.41, 5.74) is 1.45. The van der Waals surface area contributed by atoms with E-state index in [0.717, 1.165) is 19.7 Å². The Bertz CT molecular complexity index is 260. The molecule has 0 aromatic carbocycles. The predicted molar refractivity (Wildman–Crippen MR) is 66.7 cm³/mol. The molecular formula is C12H21NOS. The number of ether oxygens (including phenoxy) is 1. The van der Waals surface area contributed by atoms with E-state index in [1.165, 1.54) is 24.8 Å². The Kier molecular flexibility index (Phi) is 6.64. The summed E-state index contributed by atoms with van der Waals surface area (Å²) in [6.45, 7) is 5.08. The zero-order valence-corrected chi connectivity index (χ0v) is 10.5. The first-order valence-corrected chi connectivity index (χ1v) is 6.45. The molecule has 0 saturated carbocycles. The summed E-state index contributed by atoms with van der Waals surface area (Å²) >= 11 is 1.88. The number of unbranched alkanes of at least 4 members (excludes halogenated alkanes) is 1. The summed E-state index contributed by atoms with van der Waals surface area (Å²) in [4.78, 5) is 1.55. The summed E-state index contributed by atoms with van der Waals surface area (Å²) in [6, 6.07) is 2.21. The van der Waals surface area contributed by atoms with Crippen LogP contribution >= 0.6 is 11.3 Å². The van der Waals surface area contributed by atoms with E-state index < -0.39 is 0 Å². The van der Waals surface area contributed by atoms with Crippen LogP contribution in [-0.2, 0) is 11.2 Å². The largest absolute Gasteiger partial charge is 0.383 e. The molecule has 0 bridgehead atoms. The maximum Gasteiger partial charge on any atom is 0.0587 e. The molecule has 3 heteroatoms. The van der Waals surface area contributed by atoms with Gasteiger partial charge in [0.25, 0.3) is 0 Å². The molecule has 1 aromatic heterocycles. The van der Waals surface area contributed by atoms with Gasteiger partial charge in [0.1, 0.15) is 0 Å². The molecule has 0 amide bonds. The van der Waals surface area contributed by atoms with Crippen molar-refractivity contribution in [3.63, 3.8) is 0 Å². The van der Waals surface area contributed by atoms with Crippen molar-refractivity contribution in [3.8, 4) is 0 Å². The van der Waals surface area contributed by atoms with Crippen molar-refractivity contribution in [2.45, 2.75) is 26.2 Å². The van der Waals surface area contributed by atoms with Gasteiger partial charge in [0.2, 0.25) is 0 Å². The number of thiophene rings is 1. The first-order valence-electron chi connectivity index (χ1n) is 5.57. The fourth-order valence-corrected chi connectivity index (χ4v) is 2.45. The molecule has 0 atom stereocenters. The van der Waals surface area contributed by atoms with Crippen LogP contribution in [0.4, 0.5) is 0 Å². The number of methoxy groups -OCH3 is 1. The highest BCUT2D eigenvalue weighted by Gasteiger charge is 1.98.